The summed E-state index contributed by atoms with van der Waals surface area (Å²) >= 11 is 3.87. The third kappa shape index (κ3) is 2.67. The quantitative estimate of drug-likeness (QED) is 0.765. The summed E-state index contributed by atoms with van der Waals surface area (Å²) in [5.74, 6) is 3.17. The molecule has 5 nitrogen and oxygen atoms in total. The fraction of sp³-hybridized carbons (Fsp3) is 0.733. The van der Waals surface area contributed by atoms with Crippen molar-refractivity contribution in [3.05, 3.63) is 12.7 Å². The molecule has 0 radical (unpaired) electrons. The zero-order chi connectivity index (χ0) is 15.7. The Bertz CT molecular complexity index is 479. The zero-order valence-corrected chi connectivity index (χ0v) is 14.2. The van der Waals surface area contributed by atoms with Gasteiger partial charge in [-0.25, -0.2) is 0 Å². The molecule has 22 heavy (non-hydrogen) atoms. The predicted molar refractivity (Wildman–Crippen MR) is 90.3 cm³/mol. The molecule has 3 aliphatic heterocycles. The number of carbonyl (C=O) groups excluding carboxylic acids is 1. The number of carboxylic acid groups (broad SMARTS) is 1. The molecule has 0 saturated carbocycles. The van der Waals surface area contributed by atoms with Crippen LogP contribution in [0, 0.1) is 11.3 Å². The van der Waals surface area contributed by atoms with E-state index in [4.69, 9.17) is 0 Å². The minimum Gasteiger partial charge on any atom is -0.481 e. The number of hydrogen-bond acceptors (Lipinski definition) is 5. The maximum Gasteiger partial charge on any atom is 0.313 e. The van der Waals surface area contributed by atoms with Crippen molar-refractivity contribution in [1.82, 2.24) is 9.80 Å². The average Bonchev–Trinajstić information content (AvgIpc) is 2.83. The molecule has 122 valence electrons. The lowest BCUT2D eigenvalue weighted by atomic mass is 9.81. The lowest BCUT2D eigenvalue weighted by Crippen LogP contribution is -2.44. The van der Waals surface area contributed by atoms with Gasteiger partial charge in [0.1, 0.15) is 5.41 Å². The Hall–Kier alpha value is -0.660. The molecule has 3 heterocycles. The molecular weight excluding hydrogens is 320 g/mol. The van der Waals surface area contributed by atoms with E-state index in [-0.39, 0.29) is 5.91 Å². The fourth-order valence-corrected chi connectivity index (χ4v) is 6.38. The van der Waals surface area contributed by atoms with E-state index in [1.54, 1.807) is 11.0 Å². The van der Waals surface area contributed by atoms with E-state index in [1.807, 2.05) is 23.5 Å². The number of aliphatic carboxylic acids is 1. The number of rotatable bonds is 4. The molecule has 2 atom stereocenters. The lowest BCUT2D eigenvalue weighted by molar-refractivity contribution is -0.149. The molecule has 3 aliphatic rings. The highest BCUT2D eigenvalue weighted by molar-refractivity contribution is 8.03. The van der Waals surface area contributed by atoms with Gasteiger partial charge in [0.15, 0.2) is 0 Å². The fourth-order valence-electron chi connectivity index (χ4n) is 3.75. The van der Waals surface area contributed by atoms with Gasteiger partial charge in [-0.2, -0.15) is 23.5 Å². The SMILES string of the molecule is C=CCN1C[C@@]2(C(=O)O)CN(C3CSCCSC3)C[C@H]2C1=O. The third-order valence-electron chi connectivity index (χ3n) is 4.94. The number of hydrogen-bond donors (Lipinski definition) is 1. The van der Waals surface area contributed by atoms with Crippen LogP contribution in [0.1, 0.15) is 0 Å². The first kappa shape index (κ1) is 16.2. The Balaban J connectivity index is 1.78. The number of carbonyl (C=O) groups is 2. The van der Waals surface area contributed by atoms with Crippen molar-refractivity contribution in [2.24, 2.45) is 11.3 Å². The number of carboxylic acids is 1. The molecule has 3 rings (SSSR count). The second-order valence-corrected chi connectivity index (χ2v) is 8.55. The number of nitrogens with zero attached hydrogens (tertiary/aromatic N) is 2. The van der Waals surface area contributed by atoms with E-state index in [0.717, 1.165) is 23.0 Å². The first-order valence-corrected chi connectivity index (χ1v) is 9.92. The zero-order valence-electron chi connectivity index (χ0n) is 12.6. The van der Waals surface area contributed by atoms with E-state index in [9.17, 15) is 14.7 Å². The van der Waals surface area contributed by atoms with Crippen LogP contribution < -0.4 is 0 Å². The van der Waals surface area contributed by atoms with Gasteiger partial charge in [-0.1, -0.05) is 6.08 Å². The summed E-state index contributed by atoms with van der Waals surface area (Å²) in [7, 11) is 0. The van der Waals surface area contributed by atoms with Crippen LogP contribution in [0.5, 0.6) is 0 Å². The van der Waals surface area contributed by atoms with Crippen molar-refractivity contribution < 1.29 is 14.7 Å². The van der Waals surface area contributed by atoms with Crippen molar-refractivity contribution in [3.63, 3.8) is 0 Å². The second-order valence-electron chi connectivity index (χ2n) is 6.25. The predicted octanol–water partition coefficient (Wildman–Crippen LogP) is 0.866. The summed E-state index contributed by atoms with van der Waals surface area (Å²) in [5.41, 5.74) is -0.929. The van der Waals surface area contributed by atoms with Crippen molar-refractivity contribution in [2.45, 2.75) is 6.04 Å². The Morgan fingerprint density at radius 3 is 2.59 bits per heavy atom. The highest BCUT2D eigenvalue weighted by Gasteiger charge is 2.62. The number of fused-ring (bicyclic) bond motifs is 1. The van der Waals surface area contributed by atoms with E-state index < -0.39 is 17.3 Å². The standard InChI is InChI=1S/C15H22N2O3S2/c1-2-3-16-9-15(14(19)20)10-17(6-12(15)13(16)18)11-7-21-4-5-22-8-11/h2,11-12H,1,3-10H2,(H,19,20)/t12-,15+/m0/s1. The van der Waals surface area contributed by atoms with Crippen LogP contribution >= 0.6 is 23.5 Å². The average molecular weight is 342 g/mol. The highest BCUT2D eigenvalue weighted by atomic mass is 32.2. The van der Waals surface area contributed by atoms with Gasteiger partial charge in [-0.3, -0.25) is 14.5 Å². The van der Waals surface area contributed by atoms with Gasteiger partial charge in [0, 0.05) is 55.2 Å². The van der Waals surface area contributed by atoms with E-state index in [1.165, 1.54) is 0 Å². The topological polar surface area (TPSA) is 60.9 Å². The Kier molecular flexibility index (Phi) is 4.75. The molecular formula is C15H22N2O3S2. The van der Waals surface area contributed by atoms with E-state index >= 15 is 0 Å². The molecule has 3 fully saturated rings. The maximum atomic E-state index is 12.6. The smallest absolute Gasteiger partial charge is 0.313 e. The second kappa shape index (κ2) is 6.45. The molecule has 0 aromatic rings. The van der Waals surface area contributed by atoms with Crippen molar-refractivity contribution in [1.29, 1.82) is 0 Å². The minimum atomic E-state index is -0.929. The van der Waals surface area contributed by atoms with Gasteiger partial charge in [0.2, 0.25) is 5.91 Å². The van der Waals surface area contributed by atoms with Gasteiger partial charge >= 0.3 is 5.97 Å². The number of thioether (sulfide) groups is 2. The summed E-state index contributed by atoms with van der Waals surface area (Å²) in [4.78, 5) is 28.4. The monoisotopic (exact) mass is 342 g/mol. The summed E-state index contributed by atoms with van der Waals surface area (Å²) in [6.07, 6.45) is 1.67. The lowest BCUT2D eigenvalue weighted by Gasteiger charge is -2.29. The molecule has 0 bridgehead atoms. The Morgan fingerprint density at radius 2 is 2.05 bits per heavy atom. The van der Waals surface area contributed by atoms with Gasteiger partial charge in [-0.05, 0) is 0 Å². The molecule has 0 aromatic carbocycles. The summed E-state index contributed by atoms with van der Waals surface area (Å²) in [5, 5.41) is 9.81. The molecule has 0 aliphatic carbocycles. The molecule has 1 amide bonds. The van der Waals surface area contributed by atoms with E-state index in [2.05, 4.69) is 11.5 Å². The van der Waals surface area contributed by atoms with Crippen LogP contribution in [0.15, 0.2) is 12.7 Å². The first-order chi connectivity index (χ1) is 10.6. The van der Waals surface area contributed by atoms with Crippen molar-refractivity contribution in [2.75, 3.05) is 49.2 Å². The minimum absolute atomic E-state index is 0.0151. The van der Waals surface area contributed by atoms with Gasteiger partial charge < -0.3 is 10.0 Å². The van der Waals surface area contributed by atoms with Crippen LogP contribution in [0.2, 0.25) is 0 Å². The van der Waals surface area contributed by atoms with Gasteiger partial charge in [0.05, 0.1) is 5.92 Å². The molecule has 0 spiro atoms. The van der Waals surface area contributed by atoms with Crippen molar-refractivity contribution >= 4 is 35.4 Å². The third-order valence-corrected chi connectivity index (χ3v) is 7.42. The van der Waals surface area contributed by atoms with Crippen LogP contribution in [0.25, 0.3) is 0 Å². The Morgan fingerprint density at radius 1 is 1.36 bits per heavy atom. The molecule has 3 saturated heterocycles. The Labute approximate surface area is 139 Å². The van der Waals surface area contributed by atoms with Crippen molar-refractivity contribution in [3.8, 4) is 0 Å². The molecule has 7 heteroatoms. The maximum absolute atomic E-state index is 12.6. The van der Waals surface area contributed by atoms with Gasteiger partial charge in [-0.15, -0.1) is 6.58 Å². The largest absolute Gasteiger partial charge is 0.481 e. The van der Waals surface area contributed by atoms with Crippen LogP contribution in [0.3, 0.4) is 0 Å². The molecule has 1 N–H and O–H groups in total. The highest BCUT2D eigenvalue weighted by Crippen LogP contribution is 2.44. The molecule has 0 aromatic heterocycles. The van der Waals surface area contributed by atoms with Crippen LogP contribution in [0.4, 0.5) is 0 Å². The van der Waals surface area contributed by atoms with Crippen LogP contribution in [-0.4, -0.2) is 82.0 Å². The summed E-state index contributed by atoms with van der Waals surface area (Å²) in [6.45, 7) is 5.51. The molecule has 0 unspecified atom stereocenters. The van der Waals surface area contributed by atoms with Gasteiger partial charge in [0.25, 0.3) is 0 Å². The normalized spacial score (nSPS) is 33.7. The number of amides is 1. The number of likely N-dealkylation sites (tertiary alicyclic amines) is 2. The first-order valence-electron chi connectivity index (χ1n) is 7.61. The van der Waals surface area contributed by atoms with E-state index in [0.29, 0.717) is 32.2 Å². The summed E-state index contributed by atoms with van der Waals surface area (Å²) in [6, 6.07) is 0.389. The summed E-state index contributed by atoms with van der Waals surface area (Å²) < 4.78 is 0. The van der Waals surface area contributed by atoms with Crippen LogP contribution in [-0.2, 0) is 9.59 Å².